The molecule has 1 aromatic rings. The average Bonchev–Trinajstić information content (AvgIpc) is 2.49. The molecule has 5 nitrogen and oxygen atoms in total. The standard InChI is InChI=1S/C16H27N3O2/c1-5-9-17-13-6-7-14(18-11-13)15(20)19-12-16(2,3)8-10-21-4/h6-7,11,17H,5,8-10,12H2,1-4H3,(H,19,20). The second kappa shape index (κ2) is 8.62. The lowest BCUT2D eigenvalue weighted by Gasteiger charge is -2.24. The third kappa shape index (κ3) is 6.58. The van der Waals surface area contributed by atoms with Gasteiger partial charge in [0.2, 0.25) is 0 Å². The van der Waals surface area contributed by atoms with E-state index >= 15 is 0 Å². The first kappa shape index (κ1) is 17.4. The minimum atomic E-state index is -0.137. The van der Waals surface area contributed by atoms with Crippen LogP contribution in [0.3, 0.4) is 0 Å². The van der Waals surface area contributed by atoms with Gasteiger partial charge in [-0.05, 0) is 30.4 Å². The van der Waals surface area contributed by atoms with Gasteiger partial charge in [0, 0.05) is 26.8 Å². The second-order valence-corrected chi connectivity index (χ2v) is 5.95. The summed E-state index contributed by atoms with van der Waals surface area (Å²) < 4.78 is 5.08. The molecule has 0 atom stereocenters. The molecule has 5 heteroatoms. The highest BCUT2D eigenvalue weighted by Gasteiger charge is 2.19. The van der Waals surface area contributed by atoms with Crippen molar-refractivity contribution in [3.8, 4) is 0 Å². The number of nitrogens with one attached hydrogen (secondary N) is 2. The highest BCUT2D eigenvalue weighted by Crippen LogP contribution is 2.18. The van der Waals surface area contributed by atoms with Crippen molar-refractivity contribution in [3.63, 3.8) is 0 Å². The number of methoxy groups -OCH3 is 1. The van der Waals surface area contributed by atoms with Gasteiger partial charge in [0.05, 0.1) is 11.9 Å². The third-order valence-corrected chi connectivity index (χ3v) is 3.29. The first-order valence-electron chi connectivity index (χ1n) is 7.45. The third-order valence-electron chi connectivity index (χ3n) is 3.29. The molecule has 1 rings (SSSR count). The number of pyridine rings is 1. The van der Waals surface area contributed by atoms with E-state index in [0.29, 0.717) is 18.8 Å². The Morgan fingerprint density at radius 1 is 1.38 bits per heavy atom. The van der Waals surface area contributed by atoms with Crippen LogP contribution in [0.1, 0.15) is 44.1 Å². The van der Waals surface area contributed by atoms with E-state index in [1.54, 1.807) is 19.4 Å². The maximum Gasteiger partial charge on any atom is 0.269 e. The fraction of sp³-hybridized carbons (Fsp3) is 0.625. The van der Waals surface area contributed by atoms with Crippen LogP contribution >= 0.6 is 0 Å². The van der Waals surface area contributed by atoms with E-state index in [0.717, 1.165) is 25.1 Å². The highest BCUT2D eigenvalue weighted by atomic mass is 16.5. The summed E-state index contributed by atoms with van der Waals surface area (Å²) in [5, 5.41) is 6.17. The van der Waals surface area contributed by atoms with Gasteiger partial charge in [-0.25, -0.2) is 4.98 Å². The molecule has 0 aromatic carbocycles. The Balaban J connectivity index is 2.48. The van der Waals surface area contributed by atoms with Crippen molar-refractivity contribution in [2.75, 3.05) is 32.1 Å². The normalized spacial score (nSPS) is 11.2. The van der Waals surface area contributed by atoms with Crippen LogP contribution in [-0.2, 0) is 4.74 Å². The molecule has 1 amide bonds. The predicted molar refractivity (Wildman–Crippen MR) is 85.6 cm³/mol. The van der Waals surface area contributed by atoms with Gasteiger partial charge in [-0.1, -0.05) is 20.8 Å². The summed E-state index contributed by atoms with van der Waals surface area (Å²) in [5.41, 5.74) is 1.39. The molecule has 0 bridgehead atoms. The fourth-order valence-corrected chi connectivity index (χ4v) is 1.78. The van der Waals surface area contributed by atoms with Crippen molar-refractivity contribution in [3.05, 3.63) is 24.0 Å². The van der Waals surface area contributed by atoms with Gasteiger partial charge in [0.15, 0.2) is 0 Å². The minimum Gasteiger partial charge on any atom is -0.385 e. The fourth-order valence-electron chi connectivity index (χ4n) is 1.78. The zero-order chi connectivity index (χ0) is 15.7. The molecule has 0 fully saturated rings. The SMILES string of the molecule is CCCNc1ccc(C(=O)NCC(C)(C)CCOC)nc1. The molecular weight excluding hydrogens is 266 g/mol. The number of hydrogen-bond acceptors (Lipinski definition) is 4. The molecule has 21 heavy (non-hydrogen) atoms. The van der Waals surface area contributed by atoms with Gasteiger partial charge in [-0.15, -0.1) is 0 Å². The minimum absolute atomic E-state index is 0.00823. The van der Waals surface area contributed by atoms with Crippen molar-refractivity contribution in [2.45, 2.75) is 33.6 Å². The quantitative estimate of drug-likeness (QED) is 0.735. The molecule has 0 saturated carbocycles. The predicted octanol–water partition coefficient (Wildman–Crippen LogP) is 2.70. The van der Waals surface area contributed by atoms with Crippen molar-refractivity contribution < 1.29 is 9.53 Å². The van der Waals surface area contributed by atoms with Crippen LogP contribution in [0.4, 0.5) is 5.69 Å². The van der Waals surface area contributed by atoms with Crippen LogP contribution in [0.15, 0.2) is 18.3 Å². The van der Waals surface area contributed by atoms with Gasteiger partial charge in [-0.3, -0.25) is 4.79 Å². The number of aromatic nitrogens is 1. The van der Waals surface area contributed by atoms with Gasteiger partial charge >= 0.3 is 0 Å². The lowest BCUT2D eigenvalue weighted by atomic mass is 9.89. The number of carbonyl (C=O) groups excluding carboxylic acids is 1. The summed E-state index contributed by atoms with van der Waals surface area (Å²) in [7, 11) is 1.69. The Morgan fingerprint density at radius 3 is 2.71 bits per heavy atom. The number of anilines is 1. The number of carbonyl (C=O) groups is 1. The number of rotatable bonds is 9. The molecule has 0 aliphatic rings. The molecule has 0 aliphatic carbocycles. The van der Waals surface area contributed by atoms with Crippen molar-refractivity contribution in [2.24, 2.45) is 5.41 Å². The lowest BCUT2D eigenvalue weighted by molar-refractivity contribution is 0.0916. The van der Waals surface area contributed by atoms with Crippen molar-refractivity contribution in [1.29, 1.82) is 0 Å². The molecule has 0 aliphatic heterocycles. The number of amides is 1. The molecule has 1 aromatic heterocycles. The molecule has 0 saturated heterocycles. The second-order valence-electron chi connectivity index (χ2n) is 5.95. The number of nitrogens with zero attached hydrogens (tertiary/aromatic N) is 1. The van der Waals surface area contributed by atoms with Gasteiger partial charge in [0.25, 0.3) is 5.91 Å². The maximum atomic E-state index is 12.1. The Bertz CT molecular complexity index is 430. The van der Waals surface area contributed by atoms with Crippen LogP contribution in [0.25, 0.3) is 0 Å². The van der Waals surface area contributed by atoms with Gasteiger partial charge < -0.3 is 15.4 Å². The molecule has 118 valence electrons. The zero-order valence-electron chi connectivity index (χ0n) is 13.5. The Morgan fingerprint density at radius 2 is 2.14 bits per heavy atom. The first-order valence-corrected chi connectivity index (χ1v) is 7.45. The highest BCUT2D eigenvalue weighted by molar-refractivity contribution is 5.92. The first-order chi connectivity index (χ1) is 9.98. The molecule has 0 unspecified atom stereocenters. The molecule has 0 radical (unpaired) electrons. The average molecular weight is 293 g/mol. The van der Waals surface area contributed by atoms with Gasteiger partial charge in [0.1, 0.15) is 5.69 Å². The molecule has 1 heterocycles. The summed E-state index contributed by atoms with van der Waals surface area (Å²) in [6.07, 6.45) is 3.65. The summed E-state index contributed by atoms with van der Waals surface area (Å²) in [6.45, 7) is 8.52. The molecular formula is C16H27N3O2. The van der Waals surface area contributed by atoms with Crippen LogP contribution in [0, 0.1) is 5.41 Å². The monoisotopic (exact) mass is 293 g/mol. The summed E-state index contributed by atoms with van der Waals surface area (Å²) >= 11 is 0. The van der Waals surface area contributed by atoms with Crippen molar-refractivity contribution in [1.82, 2.24) is 10.3 Å². The smallest absolute Gasteiger partial charge is 0.269 e. The van der Waals surface area contributed by atoms with E-state index < -0.39 is 0 Å². The van der Waals surface area contributed by atoms with Crippen molar-refractivity contribution >= 4 is 11.6 Å². The maximum absolute atomic E-state index is 12.1. The van der Waals surface area contributed by atoms with E-state index in [1.807, 2.05) is 6.07 Å². The van der Waals surface area contributed by atoms with E-state index in [9.17, 15) is 4.79 Å². The lowest BCUT2D eigenvalue weighted by Crippen LogP contribution is -2.35. The van der Waals surface area contributed by atoms with Gasteiger partial charge in [-0.2, -0.15) is 0 Å². The zero-order valence-corrected chi connectivity index (χ0v) is 13.5. The summed E-state index contributed by atoms with van der Waals surface area (Å²) in [5.74, 6) is -0.137. The van der Waals surface area contributed by atoms with Crippen LogP contribution in [-0.4, -0.2) is 37.7 Å². The summed E-state index contributed by atoms with van der Waals surface area (Å²) in [4.78, 5) is 16.3. The Labute approximate surface area is 127 Å². The molecule has 2 N–H and O–H groups in total. The van der Waals surface area contributed by atoms with E-state index in [2.05, 4.69) is 36.4 Å². The summed E-state index contributed by atoms with van der Waals surface area (Å²) in [6, 6.07) is 3.63. The van der Waals surface area contributed by atoms with Crippen LogP contribution < -0.4 is 10.6 Å². The van der Waals surface area contributed by atoms with Crippen LogP contribution in [0.5, 0.6) is 0 Å². The van der Waals surface area contributed by atoms with E-state index in [-0.39, 0.29) is 11.3 Å². The number of hydrogen-bond donors (Lipinski definition) is 2. The molecule has 0 spiro atoms. The van der Waals surface area contributed by atoms with Crippen LogP contribution in [0.2, 0.25) is 0 Å². The Hall–Kier alpha value is -1.62. The van der Waals surface area contributed by atoms with E-state index in [1.165, 1.54) is 0 Å². The Kier molecular flexibility index (Phi) is 7.15. The largest absolute Gasteiger partial charge is 0.385 e. The topological polar surface area (TPSA) is 63.2 Å². The number of ether oxygens (including phenoxy) is 1. The van der Waals surface area contributed by atoms with E-state index in [4.69, 9.17) is 4.74 Å².